The van der Waals surface area contributed by atoms with Gasteiger partial charge in [-0.3, -0.25) is 9.79 Å². The molecule has 0 aromatic rings. The van der Waals surface area contributed by atoms with Crippen molar-refractivity contribution in [2.24, 2.45) is 4.99 Å². The first-order valence-electron chi connectivity index (χ1n) is 3.74. The third-order valence-corrected chi connectivity index (χ3v) is 1.82. The van der Waals surface area contributed by atoms with E-state index in [9.17, 15) is 4.79 Å². The topological polar surface area (TPSA) is 32.7 Å². The highest BCUT2D eigenvalue weighted by Crippen LogP contribution is 2.17. The number of carbonyl (C=O) groups is 1. The van der Waals surface area contributed by atoms with Gasteiger partial charge in [-0.2, -0.15) is 0 Å². The van der Waals surface area contributed by atoms with Gasteiger partial charge < -0.3 is 4.90 Å². The Morgan fingerprint density at radius 2 is 2.33 bits per heavy atom. The molecule has 0 saturated carbocycles. The zero-order valence-corrected chi connectivity index (χ0v) is 7.37. The van der Waals surface area contributed by atoms with E-state index in [1.54, 1.807) is 19.3 Å². The predicted octanol–water partition coefficient (Wildman–Crippen LogP) is 0.642. The van der Waals surface area contributed by atoms with Crippen molar-refractivity contribution in [2.45, 2.75) is 0 Å². The van der Waals surface area contributed by atoms with Crippen LogP contribution in [0.1, 0.15) is 0 Å². The normalized spacial score (nSPS) is 18.2. The van der Waals surface area contributed by atoms with E-state index in [1.165, 1.54) is 0 Å². The average Bonchev–Trinajstić information content (AvgIpc) is 2.28. The van der Waals surface area contributed by atoms with Crippen LogP contribution in [0.15, 0.2) is 28.9 Å². The molecule has 1 heterocycles. The number of nitrogens with zero attached hydrogens (tertiary/aromatic N) is 2. The van der Waals surface area contributed by atoms with Gasteiger partial charge in [-0.15, -0.1) is 0 Å². The average molecular weight is 164 g/mol. The summed E-state index contributed by atoms with van der Waals surface area (Å²) >= 11 is 0. The van der Waals surface area contributed by atoms with E-state index >= 15 is 0 Å². The molecule has 0 fully saturated rings. The van der Waals surface area contributed by atoms with Gasteiger partial charge in [0.2, 0.25) is 0 Å². The Labute approximate surface area is 72.1 Å². The Morgan fingerprint density at radius 1 is 1.67 bits per heavy atom. The molecule has 0 N–H and O–H groups in total. The van der Waals surface area contributed by atoms with Gasteiger partial charge in [-0.1, -0.05) is 6.58 Å². The van der Waals surface area contributed by atoms with Crippen LogP contribution in [0.5, 0.6) is 0 Å². The van der Waals surface area contributed by atoms with Crippen LogP contribution in [0, 0.1) is 0 Å². The monoisotopic (exact) mass is 164 g/mol. The van der Waals surface area contributed by atoms with Gasteiger partial charge in [-0.25, -0.2) is 0 Å². The predicted molar refractivity (Wildman–Crippen MR) is 49.3 cm³/mol. The van der Waals surface area contributed by atoms with Crippen LogP contribution in [0.2, 0.25) is 0 Å². The summed E-state index contributed by atoms with van der Waals surface area (Å²) in [4.78, 5) is 17.0. The fourth-order valence-corrected chi connectivity index (χ4v) is 1.27. The van der Waals surface area contributed by atoms with Crippen molar-refractivity contribution in [1.82, 2.24) is 4.90 Å². The van der Waals surface area contributed by atoms with Crippen LogP contribution in [0.25, 0.3) is 0 Å². The Morgan fingerprint density at radius 3 is 2.83 bits per heavy atom. The minimum absolute atomic E-state index is 0.109. The summed E-state index contributed by atoms with van der Waals surface area (Å²) in [5, 5.41) is 0. The summed E-state index contributed by atoms with van der Waals surface area (Å²) in [6.07, 6.45) is 3.27. The molecule has 0 atom stereocenters. The first-order valence-corrected chi connectivity index (χ1v) is 3.74. The van der Waals surface area contributed by atoms with E-state index < -0.39 is 0 Å². The van der Waals surface area contributed by atoms with Crippen LogP contribution in [0.3, 0.4) is 0 Å². The van der Waals surface area contributed by atoms with E-state index in [0.717, 1.165) is 5.70 Å². The summed E-state index contributed by atoms with van der Waals surface area (Å²) in [5.41, 5.74) is 1.53. The molecule has 0 aromatic heterocycles. The highest BCUT2D eigenvalue weighted by molar-refractivity contribution is 6.16. The molecular formula is C9H12N2O. The van der Waals surface area contributed by atoms with Crippen molar-refractivity contribution in [3.05, 3.63) is 23.9 Å². The molecule has 64 valence electrons. The number of carbonyl (C=O) groups excluding carboxylic acids is 1. The largest absolute Gasteiger partial charge is 0.366 e. The summed E-state index contributed by atoms with van der Waals surface area (Å²) in [5.74, 6) is 0.109. The second-order valence-corrected chi connectivity index (χ2v) is 2.67. The van der Waals surface area contributed by atoms with Gasteiger partial charge in [0.25, 0.3) is 0 Å². The van der Waals surface area contributed by atoms with Crippen LogP contribution in [-0.2, 0) is 4.79 Å². The van der Waals surface area contributed by atoms with Crippen LogP contribution >= 0.6 is 0 Å². The molecule has 0 aromatic carbocycles. The summed E-state index contributed by atoms with van der Waals surface area (Å²) in [7, 11) is 3.52. The first-order chi connectivity index (χ1) is 5.70. The Balaban J connectivity index is 3.09. The molecule has 1 aliphatic rings. The lowest BCUT2D eigenvalue weighted by Crippen LogP contribution is -2.15. The summed E-state index contributed by atoms with van der Waals surface area (Å²) < 4.78 is 0. The molecular weight excluding hydrogens is 152 g/mol. The van der Waals surface area contributed by atoms with Gasteiger partial charge in [0, 0.05) is 26.0 Å². The zero-order chi connectivity index (χ0) is 9.14. The molecule has 0 unspecified atom stereocenters. The van der Waals surface area contributed by atoms with Crippen LogP contribution < -0.4 is 0 Å². The first kappa shape index (κ1) is 8.71. The van der Waals surface area contributed by atoms with E-state index in [2.05, 4.69) is 11.6 Å². The number of ketones is 1. The number of rotatable bonds is 2. The van der Waals surface area contributed by atoms with Crippen molar-refractivity contribution >= 4 is 12.0 Å². The highest BCUT2D eigenvalue weighted by atomic mass is 16.1. The quantitative estimate of drug-likeness (QED) is 0.561. The molecule has 0 saturated heterocycles. The molecule has 3 nitrogen and oxygen atoms in total. The Hall–Kier alpha value is -1.38. The van der Waals surface area contributed by atoms with Crippen molar-refractivity contribution in [3.8, 4) is 0 Å². The SMILES string of the molecule is C=CC1=C(C=NC)C(=O)CN1C. The number of Topliss-reactive ketones (excluding diaryl/α,β-unsaturated/α-hetero) is 1. The number of likely N-dealkylation sites (N-methyl/N-ethyl adjacent to an activating group) is 1. The van der Waals surface area contributed by atoms with E-state index in [4.69, 9.17) is 0 Å². The van der Waals surface area contributed by atoms with Crippen molar-refractivity contribution in [1.29, 1.82) is 0 Å². The van der Waals surface area contributed by atoms with Crippen LogP contribution in [-0.4, -0.2) is 37.5 Å². The molecule has 12 heavy (non-hydrogen) atoms. The molecule has 0 aliphatic carbocycles. The summed E-state index contributed by atoms with van der Waals surface area (Å²) in [6, 6.07) is 0. The van der Waals surface area contributed by atoms with Crippen molar-refractivity contribution in [3.63, 3.8) is 0 Å². The fourth-order valence-electron chi connectivity index (χ4n) is 1.27. The minimum atomic E-state index is 0.109. The molecule has 3 heteroatoms. The third-order valence-electron chi connectivity index (χ3n) is 1.82. The van der Waals surface area contributed by atoms with E-state index in [-0.39, 0.29) is 5.78 Å². The lowest BCUT2D eigenvalue weighted by molar-refractivity contribution is -0.114. The third kappa shape index (κ3) is 1.30. The van der Waals surface area contributed by atoms with Crippen molar-refractivity contribution < 1.29 is 4.79 Å². The molecule has 1 rings (SSSR count). The Bertz CT molecular complexity index is 276. The van der Waals surface area contributed by atoms with Gasteiger partial charge in [0.05, 0.1) is 12.1 Å². The van der Waals surface area contributed by atoms with Crippen LogP contribution in [0.4, 0.5) is 0 Å². The zero-order valence-electron chi connectivity index (χ0n) is 7.37. The number of allylic oxidation sites excluding steroid dienone is 1. The fraction of sp³-hybridized carbons (Fsp3) is 0.333. The van der Waals surface area contributed by atoms with E-state index in [1.807, 2.05) is 11.9 Å². The number of hydrogen-bond donors (Lipinski definition) is 0. The minimum Gasteiger partial charge on any atom is -0.366 e. The van der Waals surface area contributed by atoms with Crippen molar-refractivity contribution in [2.75, 3.05) is 20.6 Å². The maximum absolute atomic E-state index is 11.3. The standard InChI is InChI=1S/C9H12N2O/c1-4-8-7(5-10-2)9(12)6-11(8)3/h4-5H,1,6H2,2-3H3. The molecule has 0 radical (unpaired) electrons. The Kier molecular flexibility index (Phi) is 2.43. The second-order valence-electron chi connectivity index (χ2n) is 2.67. The maximum atomic E-state index is 11.3. The molecule has 0 amide bonds. The molecule has 0 bridgehead atoms. The lowest BCUT2D eigenvalue weighted by atomic mass is 10.2. The summed E-state index contributed by atoms with van der Waals surface area (Å²) in [6.45, 7) is 4.08. The number of hydrogen-bond acceptors (Lipinski definition) is 3. The van der Waals surface area contributed by atoms with Gasteiger partial charge in [-0.05, 0) is 6.08 Å². The van der Waals surface area contributed by atoms with Gasteiger partial charge >= 0.3 is 0 Å². The maximum Gasteiger partial charge on any atom is 0.185 e. The number of aliphatic imine (C=N–C) groups is 1. The van der Waals surface area contributed by atoms with Gasteiger partial charge in [0.15, 0.2) is 5.78 Å². The lowest BCUT2D eigenvalue weighted by Gasteiger charge is -2.10. The molecule has 1 aliphatic heterocycles. The second kappa shape index (κ2) is 3.34. The highest BCUT2D eigenvalue weighted by Gasteiger charge is 2.23. The van der Waals surface area contributed by atoms with E-state index in [0.29, 0.717) is 12.1 Å². The van der Waals surface area contributed by atoms with Gasteiger partial charge in [0.1, 0.15) is 0 Å². The smallest absolute Gasteiger partial charge is 0.185 e. The molecule has 0 spiro atoms.